The molecule has 1 N–H and O–H groups in total. The van der Waals surface area contributed by atoms with Crippen molar-refractivity contribution in [2.75, 3.05) is 26.7 Å². The number of likely N-dealkylation sites (tertiary alicyclic amines) is 1. The molecule has 0 saturated carbocycles. The molecular weight excluding hydrogens is 260 g/mol. The van der Waals surface area contributed by atoms with Crippen LogP contribution in [0.2, 0.25) is 0 Å². The number of esters is 1. The Kier molecular flexibility index (Phi) is 6.26. The first kappa shape index (κ1) is 16.8. The monoisotopic (exact) mass is 286 g/mol. The first-order chi connectivity index (χ1) is 9.33. The maximum atomic E-state index is 11.9. The Morgan fingerprint density at radius 3 is 2.30 bits per heavy atom. The topological polar surface area (TPSA) is 67.9 Å². The van der Waals surface area contributed by atoms with E-state index in [0.29, 0.717) is 0 Å². The van der Waals surface area contributed by atoms with Gasteiger partial charge in [0.2, 0.25) is 0 Å². The van der Waals surface area contributed by atoms with Crippen molar-refractivity contribution in [2.24, 2.45) is 0 Å². The van der Waals surface area contributed by atoms with Crippen molar-refractivity contribution in [1.82, 2.24) is 10.2 Å². The maximum absolute atomic E-state index is 11.9. The van der Waals surface area contributed by atoms with Gasteiger partial charge in [-0.25, -0.2) is 4.79 Å². The summed E-state index contributed by atoms with van der Waals surface area (Å²) in [5.41, 5.74) is -0.546. The third-order valence-corrected chi connectivity index (χ3v) is 3.14. The molecule has 1 saturated heterocycles. The van der Waals surface area contributed by atoms with E-state index in [0.717, 1.165) is 25.9 Å². The summed E-state index contributed by atoms with van der Waals surface area (Å²) < 4.78 is 9.99. The Hall–Kier alpha value is -1.30. The number of rotatable bonds is 4. The van der Waals surface area contributed by atoms with Gasteiger partial charge >= 0.3 is 12.1 Å². The molecular formula is C14H26N2O4. The van der Waals surface area contributed by atoms with Crippen LogP contribution in [0.1, 0.15) is 40.0 Å². The highest BCUT2D eigenvalue weighted by molar-refractivity contribution is 5.77. The first-order valence-electron chi connectivity index (χ1n) is 7.12. The zero-order valence-electron chi connectivity index (χ0n) is 12.9. The zero-order valence-corrected chi connectivity index (χ0v) is 12.9. The van der Waals surface area contributed by atoms with Crippen molar-refractivity contribution < 1.29 is 19.1 Å². The van der Waals surface area contributed by atoms with Gasteiger partial charge in [-0.2, -0.15) is 0 Å². The molecule has 1 heterocycles. The predicted octanol–water partition coefficient (Wildman–Crippen LogP) is 1.54. The number of alkyl carbamates (subject to hydrolysis) is 1. The van der Waals surface area contributed by atoms with Gasteiger partial charge in [0.1, 0.15) is 11.6 Å². The Morgan fingerprint density at radius 2 is 1.80 bits per heavy atom. The molecule has 0 bridgehead atoms. The number of hydrogen-bond donors (Lipinski definition) is 1. The highest BCUT2D eigenvalue weighted by Gasteiger charge is 2.29. The number of carbonyl (C=O) groups is 2. The second kappa shape index (κ2) is 7.47. The molecule has 1 aliphatic rings. The molecule has 0 aromatic heterocycles. The summed E-state index contributed by atoms with van der Waals surface area (Å²) in [6, 6.07) is -0.437. The van der Waals surface area contributed by atoms with E-state index in [1.807, 2.05) is 0 Å². The van der Waals surface area contributed by atoms with Gasteiger partial charge in [-0.3, -0.25) is 9.69 Å². The number of amides is 1. The van der Waals surface area contributed by atoms with Gasteiger partial charge < -0.3 is 14.8 Å². The fourth-order valence-corrected chi connectivity index (χ4v) is 2.22. The molecule has 6 heteroatoms. The van der Waals surface area contributed by atoms with Crippen LogP contribution in [0.4, 0.5) is 4.79 Å². The number of ether oxygens (including phenoxy) is 2. The van der Waals surface area contributed by atoms with Gasteiger partial charge in [0.15, 0.2) is 0 Å². The highest BCUT2D eigenvalue weighted by Crippen LogP contribution is 2.13. The number of nitrogens with one attached hydrogen (secondary N) is 1. The Balaban J connectivity index is 2.52. The summed E-state index contributed by atoms with van der Waals surface area (Å²) in [5, 5.41) is 2.65. The summed E-state index contributed by atoms with van der Waals surface area (Å²) in [4.78, 5) is 25.6. The molecule has 1 atom stereocenters. The fraction of sp³-hybridized carbons (Fsp3) is 0.857. The van der Waals surface area contributed by atoms with E-state index in [1.165, 1.54) is 13.5 Å². The van der Waals surface area contributed by atoms with Crippen molar-refractivity contribution in [1.29, 1.82) is 0 Å². The summed E-state index contributed by atoms with van der Waals surface area (Å²) in [7, 11) is 1.37. The Morgan fingerprint density at radius 1 is 1.20 bits per heavy atom. The number of piperidine rings is 1. The van der Waals surface area contributed by atoms with E-state index in [2.05, 4.69) is 10.2 Å². The second-order valence-electron chi connectivity index (χ2n) is 6.02. The molecule has 1 unspecified atom stereocenters. The summed E-state index contributed by atoms with van der Waals surface area (Å²) in [5.74, 6) is -0.317. The molecule has 1 rings (SSSR count). The summed E-state index contributed by atoms with van der Waals surface area (Å²) in [6.07, 6.45) is 2.81. The lowest BCUT2D eigenvalue weighted by molar-refractivity contribution is -0.147. The standard InChI is InChI=1S/C14H26N2O4/c1-14(2,3)20-13(18)15-10-11(12(17)19-4)16-8-6-5-7-9-16/h11H,5-10H2,1-4H3,(H,15,18). The minimum atomic E-state index is -0.546. The van der Waals surface area contributed by atoms with Gasteiger partial charge in [0.25, 0.3) is 0 Å². The van der Waals surface area contributed by atoms with Crippen LogP contribution in [0.3, 0.4) is 0 Å². The molecule has 1 aliphatic heterocycles. The Bertz CT molecular complexity index is 333. The van der Waals surface area contributed by atoms with Crippen LogP contribution >= 0.6 is 0 Å². The molecule has 1 fully saturated rings. The van der Waals surface area contributed by atoms with Crippen molar-refractivity contribution in [3.63, 3.8) is 0 Å². The fourth-order valence-electron chi connectivity index (χ4n) is 2.22. The minimum absolute atomic E-state index is 0.210. The third-order valence-electron chi connectivity index (χ3n) is 3.14. The van der Waals surface area contributed by atoms with Crippen LogP contribution in [-0.4, -0.2) is 55.3 Å². The van der Waals surface area contributed by atoms with Crippen molar-refractivity contribution in [3.05, 3.63) is 0 Å². The first-order valence-corrected chi connectivity index (χ1v) is 7.12. The van der Waals surface area contributed by atoms with Crippen LogP contribution < -0.4 is 5.32 Å². The molecule has 6 nitrogen and oxygen atoms in total. The van der Waals surface area contributed by atoms with Crippen molar-refractivity contribution in [2.45, 2.75) is 51.7 Å². The van der Waals surface area contributed by atoms with Crippen LogP contribution in [0.5, 0.6) is 0 Å². The van der Waals surface area contributed by atoms with Crippen LogP contribution in [0.25, 0.3) is 0 Å². The zero-order chi connectivity index (χ0) is 15.2. The molecule has 0 aromatic rings. The summed E-state index contributed by atoms with van der Waals surface area (Å²) in [6.45, 7) is 7.33. The predicted molar refractivity (Wildman–Crippen MR) is 75.5 cm³/mol. The van der Waals surface area contributed by atoms with E-state index < -0.39 is 17.7 Å². The second-order valence-corrected chi connectivity index (χ2v) is 6.02. The Labute approximate surface area is 120 Å². The third kappa shape index (κ3) is 5.77. The maximum Gasteiger partial charge on any atom is 0.407 e. The lowest BCUT2D eigenvalue weighted by Crippen LogP contribution is -2.51. The van der Waals surface area contributed by atoms with Crippen molar-refractivity contribution >= 4 is 12.1 Å². The lowest BCUT2D eigenvalue weighted by Gasteiger charge is -2.32. The van der Waals surface area contributed by atoms with E-state index in [-0.39, 0.29) is 12.5 Å². The molecule has 0 aromatic carbocycles. The molecule has 20 heavy (non-hydrogen) atoms. The van der Waals surface area contributed by atoms with Gasteiger partial charge in [-0.15, -0.1) is 0 Å². The number of nitrogens with zero attached hydrogens (tertiary/aromatic N) is 1. The normalized spacial score (nSPS) is 18.2. The molecule has 116 valence electrons. The summed E-state index contributed by atoms with van der Waals surface area (Å²) >= 11 is 0. The molecule has 1 amide bonds. The quantitative estimate of drug-likeness (QED) is 0.794. The van der Waals surface area contributed by atoms with E-state index in [1.54, 1.807) is 20.8 Å². The van der Waals surface area contributed by atoms with Gasteiger partial charge in [0.05, 0.1) is 7.11 Å². The van der Waals surface area contributed by atoms with Gasteiger partial charge in [-0.05, 0) is 46.7 Å². The molecule has 0 aliphatic carbocycles. The lowest BCUT2D eigenvalue weighted by atomic mass is 10.1. The van der Waals surface area contributed by atoms with E-state index in [4.69, 9.17) is 9.47 Å². The van der Waals surface area contributed by atoms with Gasteiger partial charge in [0, 0.05) is 6.54 Å². The average molecular weight is 286 g/mol. The van der Waals surface area contributed by atoms with Gasteiger partial charge in [-0.1, -0.05) is 6.42 Å². The largest absolute Gasteiger partial charge is 0.468 e. The average Bonchev–Trinajstić information content (AvgIpc) is 2.37. The number of hydrogen-bond acceptors (Lipinski definition) is 5. The number of carbonyl (C=O) groups excluding carboxylic acids is 2. The van der Waals surface area contributed by atoms with E-state index >= 15 is 0 Å². The number of methoxy groups -OCH3 is 1. The van der Waals surface area contributed by atoms with Crippen molar-refractivity contribution in [3.8, 4) is 0 Å². The molecule has 0 radical (unpaired) electrons. The van der Waals surface area contributed by atoms with Crippen LogP contribution in [0.15, 0.2) is 0 Å². The van der Waals surface area contributed by atoms with E-state index in [9.17, 15) is 9.59 Å². The van der Waals surface area contributed by atoms with Crippen LogP contribution in [0, 0.1) is 0 Å². The van der Waals surface area contributed by atoms with Crippen LogP contribution in [-0.2, 0) is 14.3 Å². The highest BCUT2D eigenvalue weighted by atomic mass is 16.6. The molecule has 0 spiro atoms. The SMILES string of the molecule is COC(=O)C(CNC(=O)OC(C)(C)C)N1CCCCC1. The minimum Gasteiger partial charge on any atom is -0.468 e. The smallest absolute Gasteiger partial charge is 0.407 e.